The maximum absolute atomic E-state index is 14.7. The molecule has 0 saturated carbocycles. The molecule has 3 aromatic rings. The normalized spacial score (nSPS) is 10.5. The Hall–Kier alpha value is -2.70. The van der Waals surface area contributed by atoms with Crippen molar-refractivity contribution in [1.82, 2.24) is 10.3 Å². The quantitative estimate of drug-likeness (QED) is 0.520. The molecule has 1 amide bonds. The van der Waals surface area contributed by atoms with E-state index in [1.807, 2.05) is 30.3 Å². The van der Waals surface area contributed by atoms with Crippen molar-refractivity contribution in [3.63, 3.8) is 0 Å². The van der Waals surface area contributed by atoms with Gasteiger partial charge in [0.1, 0.15) is 17.2 Å². The van der Waals surface area contributed by atoms with Gasteiger partial charge in [-0.2, -0.15) is 4.83 Å². The number of amides is 1. The summed E-state index contributed by atoms with van der Waals surface area (Å²) in [5.74, 6) is -2.69. The molecule has 3 nitrogen and oxygen atoms in total. The third kappa shape index (κ3) is 4.04. The lowest BCUT2D eigenvalue weighted by molar-refractivity contribution is 0.0938. The number of halogens is 2. The van der Waals surface area contributed by atoms with Gasteiger partial charge in [-0.05, 0) is 41.8 Å². The van der Waals surface area contributed by atoms with Gasteiger partial charge >= 0.3 is 0 Å². The van der Waals surface area contributed by atoms with Crippen molar-refractivity contribution in [2.45, 2.75) is 4.90 Å². The number of benzene rings is 3. The molecule has 3 aromatic carbocycles. The predicted molar refractivity (Wildman–Crippen MR) is 94.7 cm³/mol. The number of hydrogen-bond acceptors (Lipinski definition) is 3. The minimum absolute atomic E-state index is 0.169. The van der Waals surface area contributed by atoms with Crippen molar-refractivity contribution >= 4 is 17.9 Å². The minimum atomic E-state index is -0.916. The fourth-order valence-electron chi connectivity index (χ4n) is 2.28. The molecule has 25 heavy (non-hydrogen) atoms. The monoisotopic (exact) mass is 356 g/mol. The van der Waals surface area contributed by atoms with Crippen molar-refractivity contribution in [3.05, 3.63) is 90.0 Å². The van der Waals surface area contributed by atoms with Crippen molar-refractivity contribution in [2.24, 2.45) is 0 Å². The Kier molecular flexibility index (Phi) is 5.42. The Labute approximate surface area is 148 Å². The van der Waals surface area contributed by atoms with Crippen LogP contribution in [0.3, 0.4) is 0 Å². The molecule has 0 fully saturated rings. The van der Waals surface area contributed by atoms with Gasteiger partial charge in [-0.25, -0.2) is 8.78 Å². The van der Waals surface area contributed by atoms with Crippen LogP contribution in [0.1, 0.15) is 10.4 Å². The van der Waals surface area contributed by atoms with Crippen LogP contribution in [0.25, 0.3) is 11.1 Å². The number of hydrazine groups is 1. The third-order valence-electron chi connectivity index (χ3n) is 3.48. The van der Waals surface area contributed by atoms with E-state index in [0.29, 0.717) is 5.56 Å². The molecule has 0 aromatic heterocycles. The fourth-order valence-corrected chi connectivity index (χ4v) is 2.84. The molecule has 0 atom stereocenters. The minimum Gasteiger partial charge on any atom is -0.277 e. The van der Waals surface area contributed by atoms with E-state index in [1.54, 1.807) is 30.3 Å². The van der Waals surface area contributed by atoms with E-state index in [1.165, 1.54) is 6.07 Å². The molecule has 0 aliphatic carbocycles. The summed E-state index contributed by atoms with van der Waals surface area (Å²) in [7, 11) is 0. The van der Waals surface area contributed by atoms with E-state index in [4.69, 9.17) is 0 Å². The smallest absolute Gasteiger partial charge is 0.272 e. The second-order valence-electron chi connectivity index (χ2n) is 5.12. The lowest BCUT2D eigenvalue weighted by Gasteiger charge is -2.11. The molecule has 3 rings (SSSR count). The number of hydrogen-bond donors (Lipinski definition) is 2. The Morgan fingerprint density at radius 3 is 2.16 bits per heavy atom. The molecular formula is C19H14F2N2OS. The SMILES string of the molecule is O=C(NNSc1ccccc1)c1c(F)ccc(-c2ccccc2)c1F. The van der Waals surface area contributed by atoms with E-state index >= 15 is 0 Å². The van der Waals surface area contributed by atoms with Crippen molar-refractivity contribution in [1.29, 1.82) is 0 Å². The van der Waals surface area contributed by atoms with Crippen LogP contribution in [0, 0.1) is 11.6 Å². The highest BCUT2D eigenvalue weighted by molar-refractivity contribution is 7.97. The Balaban J connectivity index is 1.78. The average molecular weight is 356 g/mol. The summed E-state index contributed by atoms with van der Waals surface area (Å²) in [6, 6.07) is 20.3. The van der Waals surface area contributed by atoms with Crippen LogP contribution in [0.15, 0.2) is 77.7 Å². The topological polar surface area (TPSA) is 41.1 Å². The lowest BCUT2D eigenvalue weighted by atomic mass is 10.0. The Morgan fingerprint density at radius 2 is 1.48 bits per heavy atom. The fraction of sp³-hybridized carbons (Fsp3) is 0. The molecule has 0 heterocycles. The first-order valence-corrected chi connectivity index (χ1v) is 8.29. The van der Waals surface area contributed by atoms with Crippen LogP contribution < -0.4 is 10.3 Å². The van der Waals surface area contributed by atoms with Crippen LogP contribution in [0.4, 0.5) is 8.78 Å². The van der Waals surface area contributed by atoms with Gasteiger partial charge in [-0.3, -0.25) is 10.2 Å². The molecular weight excluding hydrogens is 342 g/mol. The molecule has 0 aliphatic rings. The van der Waals surface area contributed by atoms with Gasteiger partial charge in [0.25, 0.3) is 5.91 Å². The maximum atomic E-state index is 14.7. The van der Waals surface area contributed by atoms with Crippen LogP contribution in [-0.4, -0.2) is 5.91 Å². The van der Waals surface area contributed by atoms with Crippen LogP contribution in [-0.2, 0) is 0 Å². The molecule has 0 radical (unpaired) electrons. The molecule has 0 bridgehead atoms. The lowest BCUT2D eigenvalue weighted by Crippen LogP contribution is -2.33. The summed E-state index contributed by atoms with van der Waals surface area (Å²) in [4.78, 5) is 15.6. The van der Waals surface area contributed by atoms with Crippen molar-refractivity contribution in [2.75, 3.05) is 0 Å². The van der Waals surface area contributed by atoms with E-state index < -0.39 is 23.1 Å². The molecule has 0 aliphatic heterocycles. The van der Waals surface area contributed by atoms with Gasteiger partial charge in [0.05, 0.1) is 0 Å². The molecule has 6 heteroatoms. The molecule has 126 valence electrons. The van der Waals surface area contributed by atoms with E-state index in [2.05, 4.69) is 10.3 Å². The van der Waals surface area contributed by atoms with Crippen LogP contribution >= 0.6 is 11.9 Å². The largest absolute Gasteiger partial charge is 0.277 e. The number of nitrogens with one attached hydrogen (secondary N) is 2. The summed E-state index contributed by atoms with van der Waals surface area (Å²) in [6.45, 7) is 0. The van der Waals surface area contributed by atoms with Crippen molar-refractivity contribution in [3.8, 4) is 11.1 Å². The zero-order chi connectivity index (χ0) is 17.6. The van der Waals surface area contributed by atoms with Gasteiger partial charge in [-0.15, -0.1) is 0 Å². The summed E-state index contributed by atoms with van der Waals surface area (Å²) >= 11 is 1.13. The van der Waals surface area contributed by atoms with Gasteiger partial charge in [0, 0.05) is 10.5 Å². The second-order valence-corrected chi connectivity index (χ2v) is 6.00. The first-order valence-electron chi connectivity index (χ1n) is 7.47. The molecule has 0 saturated heterocycles. The van der Waals surface area contributed by atoms with Crippen molar-refractivity contribution < 1.29 is 13.6 Å². The summed E-state index contributed by atoms with van der Waals surface area (Å²) in [5.41, 5.74) is 2.42. The highest BCUT2D eigenvalue weighted by Gasteiger charge is 2.21. The zero-order valence-corrected chi connectivity index (χ0v) is 13.8. The second kappa shape index (κ2) is 7.92. The summed E-state index contributed by atoms with van der Waals surface area (Å²) in [5, 5.41) is 0. The number of carbonyl (C=O) groups excluding carboxylic acids is 1. The Morgan fingerprint density at radius 1 is 0.840 bits per heavy atom. The standard InChI is InChI=1S/C19H14F2N2OS/c20-16-12-11-15(13-7-3-1-4-8-13)18(21)17(16)19(24)22-23-25-14-9-5-2-6-10-14/h1-12,23H,(H,22,24). The van der Waals surface area contributed by atoms with E-state index in [9.17, 15) is 13.6 Å². The highest BCUT2D eigenvalue weighted by Crippen LogP contribution is 2.26. The zero-order valence-electron chi connectivity index (χ0n) is 13.0. The first kappa shape index (κ1) is 17.1. The maximum Gasteiger partial charge on any atom is 0.272 e. The van der Waals surface area contributed by atoms with Gasteiger partial charge in [0.15, 0.2) is 0 Å². The third-order valence-corrected chi connectivity index (χ3v) is 4.19. The van der Waals surface area contributed by atoms with Gasteiger partial charge < -0.3 is 0 Å². The number of rotatable bonds is 5. The van der Waals surface area contributed by atoms with E-state index in [0.717, 1.165) is 22.9 Å². The van der Waals surface area contributed by atoms with Gasteiger partial charge in [0.2, 0.25) is 0 Å². The molecule has 2 N–H and O–H groups in total. The highest BCUT2D eigenvalue weighted by atomic mass is 32.2. The summed E-state index contributed by atoms with van der Waals surface area (Å²) < 4.78 is 28.7. The predicted octanol–water partition coefficient (Wildman–Crippen LogP) is 4.57. The van der Waals surface area contributed by atoms with E-state index in [-0.39, 0.29) is 5.56 Å². The first-order chi connectivity index (χ1) is 12.2. The molecule has 0 unspecified atom stereocenters. The summed E-state index contributed by atoms with van der Waals surface area (Å²) in [6.07, 6.45) is 0. The number of carbonyl (C=O) groups is 1. The molecule has 0 spiro atoms. The van der Waals surface area contributed by atoms with Gasteiger partial charge in [-0.1, -0.05) is 48.5 Å². The Bertz CT molecular complexity index is 873. The average Bonchev–Trinajstić information content (AvgIpc) is 2.63. The van der Waals surface area contributed by atoms with Crippen LogP contribution in [0.2, 0.25) is 0 Å². The van der Waals surface area contributed by atoms with Crippen LogP contribution in [0.5, 0.6) is 0 Å².